The van der Waals surface area contributed by atoms with Crippen LogP contribution in [0.2, 0.25) is 0 Å². The summed E-state index contributed by atoms with van der Waals surface area (Å²) in [5, 5.41) is 10.8. The molecule has 21 heavy (non-hydrogen) atoms. The molecule has 0 fully saturated rings. The molecular weight excluding hydrogens is 286 g/mol. The molecule has 1 heterocycles. The Hall–Kier alpha value is -2.14. The quantitative estimate of drug-likeness (QED) is 0.923. The summed E-state index contributed by atoms with van der Waals surface area (Å²) in [6, 6.07) is 9.40. The SMILES string of the molecule is Cc1scc(C(=O)N(CC(=O)O)Cc2ccccc2)c1C. The van der Waals surface area contributed by atoms with Crippen molar-refractivity contribution >= 4 is 23.2 Å². The Morgan fingerprint density at radius 3 is 2.38 bits per heavy atom. The lowest BCUT2D eigenvalue weighted by Crippen LogP contribution is -2.35. The standard InChI is InChI=1S/C16H17NO3S/c1-11-12(2)21-10-14(11)16(20)17(9-15(18)19)8-13-6-4-3-5-7-13/h3-7,10H,8-9H2,1-2H3,(H,18,19). The van der Waals surface area contributed by atoms with Crippen LogP contribution in [0, 0.1) is 13.8 Å². The number of carbonyl (C=O) groups is 2. The molecule has 0 saturated carbocycles. The molecule has 0 aliphatic carbocycles. The van der Waals surface area contributed by atoms with Crippen LogP contribution in [0.1, 0.15) is 26.4 Å². The number of amides is 1. The van der Waals surface area contributed by atoms with Gasteiger partial charge in [0, 0.05) is 16.8 Å². The molecule has 1 aromatic carbocycles. The molecule has 110 valence electrons. The fraction of sp³-hybridized carbons (Fsp3) is 0.250. The Morgan fingerprint density at radius 2 is 1.86 bits per heavy atom. The molecule has 0 radical (unpaired) electrons. The first-order valence-electron chi connectivity index (χ1n) is 6.58. The van der Waals surface area contributed by atoms with E-state index < -0.39 is 5.97 Å². The molecular formula is C16H17NO3S. The second kappa shape index (κ2) is 6.54. The third kappa shape index (κ3) is 3.70. The molecule has 0 unspecified atom stereocenters. The minimum absolute atomic E-state index is 0.233. The van der Waals surface area contributed by atoms with Crippen LogP contribution in [-0.4, -0.2) is 28.4 Å². The van der Waals surface area contributed by atoms with E-state index in [2.05, 4.69) is 0 Å². The summed E-state index contributed by atoms with van der Waals surface area (Å²) >= 11 is 1.51. The second-order valence-corrected chi connectivity index (χ2v) is 5.95. The Morgan fingerprint density at radius 1 is 1.19 bits per heavy atom. The molecule has 1 amide bonds. The van der Waals surface area contributed by atoms with Crippen molar-refractivity contribution in [2.75, 3.05) is 6.54 Å². The van der Waals surface area contributed by atoms with Crippen molar-refractivity contribution in [3.05, 3.63) is 57.3 Å². The van der Waals surface area contributed by atoms with E-state index in [0.717, 1.165) is 16.0 Å². The number of hydrogen-bond donors (Lipinski definition) is 1. The van der Waals surface area contributed by atoms with E-state index in [-0.39, 0.29) is 12.5 Å². The first-order chi connectivity index (χ1) is 9.99. The average molecular weight is 303 g/mol. The third-order valence-corrected chi connectivity index (χ3v) is 4.36. The molecule has 0 spiro atoms. The minimum Gasteiger partial charge on any atom is -0.480 e. The van der Waals surface area contributed by atoms with Crippen LogP contribution in [-0.2, 0) is 11.3 Å². The van der Waals surface area contributed by atoms with Crippen LogP contribution in [0.15, 0.2) is 35.7 Å². The number of aliphatic carboxylic acids is 1. The predicted octanol–water partition coefficient (Wildman–Crippen LogP) is 3.09. The topological polar surface area (TPSA) is 57.6 Å². The number of hydrogen-bond acceptors (Lipinski definition) is 3. The summed E-state index contributed by atoms with van der Waals surface area (Å²) in [5.74, 6) is -1.24. The number of thiophene rings is 1. The van der Waals surface area contributed by atoms with Gasteiger partial charge in [0.15, 0.2) is 0 Å². The maximum Gasteiger partial charge on any atom is 0.323 e. The summed E-state index contributed by atoms with van der Waals surface area (Å²) < 4.78 is 0. The monoisotopic (exact) mass is 303 g/mol. The van der Waals surface area contributed by atoms with Crippen LogP contribution in [0.4, 0.5) is 0 Å². The van der Waals surface area contributed by atoms with Gasteiger partial charge in [-0.2, -0.15) is 0 Å². The largest absolute Gasteiger partial charge is 0.480 e. The third-order valence-electron chi connectivity index (χ3n) is 3.35. The predicted molar refractivity (Wildman–Crippen MR) is 82.6 cm³/mol. The molecule has 0 aliphatic heterocycles. The van der Waals surface area contributed by atoms with Crippen molar-refractivity contribution in [3.63, 3.8) is 0 Å². The van der Waals surface area contributed by atoms with E-state index in [9.17, 15) is 9.59 Å². The summed E-state index contributed by atoms with van der Waals surface area (Å²) in [6.07, 6.45) is 0. The van der Waals surface area contributed by atoms with E-state index in [1.165, 1.54) is 16.2 Å². The number of carbonyl (C=O) groups excluding carboxylic acids is 1. The molecule has 4 nitrogen and oxygen atoms in total. The highest BCUT2D eigenvalue weighted by Gasteiger charge is 2.21. The van der Waals surface area contributed by atoms with Crippen molar-refractivity contribution in [2.24, 2.45) is 0 Å². The normalized spacial score (nSPS) is 10.4. The summed E-state index contributed by atoms with van der Waals surface area (Å²) in [5.41, 5.74) is 2.43. The van der Waals surface area contributed by atoms with Crippen molar-refractivity contribution in [3.8, 4) is 0 Å². The molecule has 0 bridgehead atoms. The van der Waals surface area contributed by atoms with E-state index in [1.54, 1.807) is 5.38 Å². The van der Waals surface area contributed by atoms with Crippen molar-refractivity contribution in [2.45, 2.75) is 20.4 Å². The van der Waals surface area contributed by atoms with E-state index in [0.29, 0.717) is 12.1 Å². The van der Waals surface area contributed by atoms with Crippen LogP contribution in [0.3, 0.4) is 0 Å². The molecule has 1 aromatic heterocycles. The fourth-order valence-electron chi connectivity index (χ4n) is 2.06. The molecule has 0 aliphatic rings. The molecule has 0 saturated heterocycles. The van der Waals surface area contributed by atoms with Gasteiger partial charge < -0.3 is 10.0 Å². The summed E-state index contributed by atoms with van der Waals surface area (Å²) in [4.78, 5) is 26.1. The van der Waals surface area contributed by atoms with Crippen molar-refractivity contribution < 1.29 is 14.7 Å². The maximum absolute atomic E-state index is 12.6. The lowest BCUT2D eigenvalue weighted by Gasteiger charge is -2.21. The van der Waals surface area contributed by atoms with Crippen molar-refractivity contribution in [1.29, 1.82) is 0 Å². The van der Waals surface area contributed by atoms with Crippen molar-refractivity contribution in [1.82, 2.24) is 4.90 Å². The lowest BCUT2D eigenvalue weighted by molar-refractivity contribution is -0.137. The highest BCUT2D eigenvalue weighted by molar-refractivity contribution is 7.10. The molecule has 1 N–H and O–H groups in total. The molecule has 2 aromatic rings. The summed E-state index contributed by atoms with van der Waals surface area (Å²) in [6.45, 7) is 3.83. The highest BCUT2D eigenvalue weighted by Crippen LogP contribution is 2.22. The van der Waals surface area contributed by atoms with Gasteiger partial charge in [0.2, 0.25) is 0 Å². The molecule has 2 rings (SSSR count). The van der Waals surface area contributed by atoms with Gasteiger partial charge in [-0.25, -0.2) is 0 Å². The Kier molecular flexibility index (Phi) is 4.75. The molecule has 5 heteroatoms. The minimum atomic E-state index is -1.01. The molecule has 0 atom stereocenters. The Bertz CT molecular complexity index is 649. The fourth-order valence-corrected chi connectivity index (χ4v) is 2.92. The first-order valence-corrected chi connectivity index (χ1v) is 7.46. The van der Waals surface area contributed by atoms with Crippen LogP contribution in [0.25, 0.3) is 0 Å². The highest BCUT2D eigenvalue weighted by atomic mass is 32.1. The zero-order valence-electron chi connectivity index (χ0n) is 12.0. The number of carboxylic acids is 1. The van der Waals surface area contributed by atoms with Gasteiger partial charge in [0.1, 0.15) is 6.54 Å². The van der Waals surface area contributed by atoms with E-state index in [4.69, 9.17) is 5.11 Å². The first kappa shape index (κ1) is 15.3. The number of rotatable bonds is 5. The second-order valence-electron chi connectivity index (χ2n) is 4.87. The smallest absolute Gasteiger partial charge is 0.323 e. The zero-order chi connectivity index (χ0) is 15.4. The average Bonchev–Trinajstić information content (AvgIpc) is 2.78. The van der Waals surface area contributed by atoms with Gasteiger partial charge in [0.25, 0.3) is 5.91 Å². The number of carboxylic acid groups (broad SMARTS) is 1. The van der Waals surface area contributed by atoms with Crippen LogP contribution >= 0.6 is 11.3 Å². The van der Waals surface area contributed by atoms with Crippen LogP contribution in [0.5, 0.6) is 0 Å². The Labute approximate surface area is 127 Å². The number of nitrogens with zero attached hydrogens (tertiary/aromatic N) is 1. The van der Waals surface area contributed by atoms with Gasteiger partial charge >= 0.3 is 5.97 Å². The Balaban J connectivity index is 2.25. The number of benzene rings is 1. The van der Waals surface area contributed by atoms with Gasteiger partial charge in [0.05, 0.1) is 5.56 Å². The summed E-state index contributed by atoms with van der Waals surface area (Å²) in [7, 11) is 0. The van der Waals surface area contributed by atoms with Gasteiger partial charge in [-0.3, -0.25) is 9.59 Å². The van der Waals surface area contributed by atoms with E-state index >= 15 is 0 Å². The lowest BCUT2D eigenvalue weighted by atomic mass is 10.1. The van der Waals surface area contributed by atoms with Gasteiger partial charge in [-0.05, 0) is 25.0 Å². The van der Waals surface area contributed by atoms with Gasteiger partial charge in [-0.15, -0.1) is 11.3 Å². The van der Waals surface area contributed by atoms with Gasteiger partial charge in [-0.1, -0.05) is 30.3 Å². The maximum atomic E-state index is 12.6. The van der Waals surface area contributed by atoms with Crippen LogP contribution < -0.4 is 0 Å². The van der Waals surface area contributed by atoms with E-state index in [1.807, 2.05) is 44.2 Å². The zero-order valence-corrected chi connectivity index (χ0v) is 12.8. The number of aryl methyl sites for hydroxylation is 1.